The molecule has 1 saturated heterocycles. The van der Waals surface area contributed by atoms with Crippen molar-refractivity contribution in [1.29, 1.82) is 0 Å². The second-order valence-corrected chi connectivity index (χ2v) is 3.72. The highest BCUT2D eigenvalue weighted by Gasteiger charge is 2.24. The van der Waals surface area contributed by atoms with Gasteiger partial charge in [0.15, 0.2) is 0 Å². The van der Waals surface area contributed by atoms with Gasteiger partial charge in [-0.25, -0.2) is 0 Å². The summed E-state index contributed by atoms with van der Waals surface area (Å²) in [6.07, 6.45) is 3.83. The molecular weight excluding hydrogens is 180 g/mol. The van der Waals surface area contributed by atoms with Crippen molar-refractivity contribution in [2.75, 3.05) is 26.8 Å². The molecule has 1 aliphatic rings. The maximum atomic E-state index is 11.7. The van der Waals surface area contributed by atoms with Crippen LogP contribution in [0.3, 0.4) is 0 Å². The monoisotopic (exact) mass is 200 g/mol. The van der Waals surface area contributed by atoms with Crippen molar-refractivity contribution in [2.45, 2.75) is 31.7 Å². The molecule has 0 aromatic rings. The number of likely N-dealkylation sites (tertiary alicyclic amines) is 1. The van der Waals surface area contributed by atoms with E-state index in [0.717, 1.165) is 19.4 Å². The number of piperidine rings is 1. The SMILES string of the molecule is COCCC(=O)N1CCCCC1CN. The van der Waals surface area contributed by atoms with Gasteiger partial charge in [0.25, 0.3) is 0 Å². The number of carbonyl (C=O) groups is 1. The van der Waals surface area contributed by atoms with Gasteiger partial charge in [-0.15, -0.1) is 0 Å². The van der Waals surface area contributed by atoms with E-state index in [9.17, 15) is 4.79 Å². The number of nitrogens with zero attached hydrogens (tertiary/aromatic N) is 1. The van der Waals surface area contributed by atoms with Crippen molar-refractivity contribution in [3.63, 3.8) is 0 Å². The predicted molar refractivity (Wildman–Crippen MR) is 54.9 cm³/mol. The lowest BCUT2D eigenvalue weighted by Gasteiger charge is -2.35. The zero-order chi connectivity index (χ0) is 10.4. The predicted octanol–water partition coefficient (Wildman–Crippen LogP) is 0.363. The van der Waals surface area contributed by atoms with E-state index in [2.05, 4.69) is 0 Å². The Morgan fingerprint density at radius 3 is 3.00 bits per heavy atom. The van der Waals surface area contributed by atoms with E-state index in [0.29, 0.717) is 19.6 Å². The minimum Gasteiger partial charge on any atom is -0.384 e. The maximum Gasteiger partial charge on any atom is 0.225 e. The van der Waals surface area contributed by atoms with Crippen LogP contribution < -0.4 is 5.73 Å². The maximum absolute atomic E-state index is 11.7. The molecule has 0 saturated carbocycles. The molecule has 0 bridgehead atoms. The molecule has 1 amide bonds. The molecule has 82 valence electrons. The summed E-state index contributed by atoms with van der Waals surface area (Å²) in [5, 5.41) is 0. The number of amides is 1. The van der Waals surface area contributed by atoms with Crippen LogP contribution in [0.4, 0.5) is 0 Å². The van der Waals surface area contributed by atoms with Gasteiger partial charge in [-0.3, -0.25) is 4.79 Å². The van der Waals surface area contributed by atoms with Crippen molar-refractivity contribution in [3.05, 3.63) is 0 Å². The molecule has 0 aliphatic carbocycles. The van der Waals surface area contributed by atoms with Crippen molar-refractivity contribution in [2.24, 2.45) is 5.73 Å². The fraction of sp³-hybridized carbons (Fsp3) is 0.900. The lowest BCUT2D eigenvalue weighted by atomic mass is 10.0. The number of hydrogen-bond acceptors (Lipinski definition) is 3. The summed E-state index contributed by atoms with van der Waals surface area (Å²) in [4.78, 5) is 13.6. The van der Waals surface area contributed by atoms with E-state index in [1.54, 1.807) is 7.11 Å². The smallest absolute Gasteiger partial charge is 0.225 e. The van der Waals surface area contributed by atoms with Gasteiger partial charge in [0.05, 0.1) is 13.0 Å². The number of rotatable bonds is 4. The number of carbonyl (C=O) groups excluding carboxylic acids is 1. The quantitative estimate of drug-likeness (QED) is 0.713. The molecule has 1 atom stereocenters. The number of hydrogen-bond donors (Lipinski definition) is 1. The fourth-order valence-corrected chi connectivity index (χ4v) is 1.91. The van der Waals surface area contributed by atoms with Crippen molar-refractivity contribution in [1.82, 2.24) is 4.90 Å². The van der Waals surface area contributed by atoms with E-state index >= 15 is 0 Å². The Balaban J connectivity index is 2.41. The lowest BCUT2D eigenvalue weighted by Crippen LogP contribution is -2.47. The molecule has 4 heteroatoms. The van der Waals surface area contributed by atoms with E-state index in [4.69, 9.17) is 10.5 Å². The summed E-state index contributed by atoms with van der Waals surface area (Å²) in [6.45, 7) is 1.95. The Hall–Kier alpha value is -0.610. The van der Waals surface area contributed by atoms with Gasteiger partial charge in [0, 0.05) is 26.2 Å². The minimum atomic E-state index is 0.182. The van der Waals surface area contributed by atoms with Crippen molar-refractivity contribution >= 4 is 5.91 Å². The molecule has 2 N–H and O–H groups in total. The highest BCUT2D eigenvalue weighted by atomic mass is 16.5. The molecule has 14 heavy (non-hydrogen) atoms. The van der Waals surface area contributed by atoms with Crippen molar-refractivity contribution < 1.29 is 9.53 Å². The van der Waals surface area contributed by atoms with Crippen molar-refractivity contribution in [3.8, 4) is 0 Å². The van der Waals surface area contributed by atoms with Crippen LogP contribution in [0.25, 0.3) is 0 Å². The second-order valence-electron chi connectivity index (χ2n) is 3.72. The highest BCUT2D eigenvalue weighted by Crippen LogP contribution is 2.16. The summed E-state index contributed by atoms with van der Waals surface area (Å²) < 4.78 is 4.89. The molecule has 0 aromatic carbocycles. The topological polar surface area (TPSA) is 55.6 Å². The Morgan fingerprint density at radius 1 is 1.57 bits per heavy atom. The average molecular weight is 200 g/mol. The largest absolute Gasteiger partial charge is 0.384 e. The summed E-state index contributed by atoms with van der Waals surface area (Å²) >= 11 is 0. The van der Waals surface area contributed by atoms with Crippen LogP contribution in [0.2, 0.25) is 0 Å². The number of methoxy groups -OCH3 is 1. The summed E-state index contributed by atoms with van der Waals surface area (Å²) in [6, 6.07) is 0.258. The first-order valence-corrected chi connectivity index (χ1v) is 5.28. The standard InChI is InChI=1S/C10H20N2O2/c1-14-7-5-10(13)12-6-3-2-4-9(12)8-11/h9H,2-8,11H2,1H3. The summed E-state index contributed by atoms with van der Waals surface area (Å²) in [7, 11) is 1.61. The van der Waals surface area contributed by atoms with Crippen LogP contribution in [-0.2, 0) is 9.53 Å². The van der Waals surface area contributed by atoms with E-state index in [1.807, 2.05) is 4.90 Å². The number of nitrogens with two attached hydrogens (primary N) is 1. The molecule has 1 heterocycles. The summed E-state index contributed by atoms with van der Waals surface area (Å²) in [5.74, 6) is 0.182. The molecule has 1 unspecified atom stereocenters. The molecule has 0 spiro atoms. The van der Waals surface area contributed by atoms with Crippen LogP contribution in [0, 0.1) is 0 Å². The number of ether oxygens (including phenoxy) is 1. The molecular formula is C10H20N2O2. The van der Waals surface area contributed by atoms with Gasteiger partial charge in [-0.2, -0.15) is 0 Å². The van der Waals surface area contributed by atoms with Gasteiger partial charge >= 0.3 is 0 Å². The molecule has 4 nitrogen and oxygen atoms in total. The minimum absolute atomic E-state index is 0.182. The van der Waals surface area contributed by atoms with Gasteiger partial charge in [0.1, 0.15) is 0 Å². The van der Waals surface area contributed by atoms with E-state index in [-0.39, 0.29) is 11.9 Å². The van der Waals surface area contributed by atoms with Crippen LogP contribution in [-0.4, -0.2) is 43.7 Å². The third kappa shape index (κ3) is 2.96. The first-order valence-electron chi connectivity index (χ1n) is 5.28. The van der Waals surface area contributed by atoms with E-state index < -0.39 is 0 Å². The Labute approximate surface area is 85.4 Å². The first kappa shape index (κ1) is 11.5. The zero-order valence-corrected chi connectivity index (χ0v) is 8.87. The third-order valence-electron chi connectivity index (χ3n) is 2.74. The Kier molecular flexibility index (Phi) is 4.90. The normalized spacial score (nSPS) is 22.4. The third-order valence-corrected chi connectivity index (χ3v) is 2.74. The van der Waals surface area contributed by atoms with Crippen LogP contribution in [0.5, 0.6) is 0 Å². The first-order chi connectivity index (χ1) is 6.79. The van der Waals surface area contributed by atoms with Gasteiger partial charge in [0.2, 0.25) is 5.91 Å². The molecule has 1 fully saturated rings. The average Bonchev–Trinajstić information content (AvgIpc) is 2.25. The van der Waals surface area contributed by atoms with Crippen LogP contribution >= 0.6 is 0 Å². The van der Waals surface area contributed by atoms with Gasteiger partial charge < -0.3 is 15.4 Å². The molecule has 0 radical (unpaired) electrons. The van der Waals surface area contributed by atoms with E-state index in [1.165, 1.54) is 6.42 Å². The van der Waals surface area contributed by atoms with Gasteiger partial charge in [-0.1, -0.05) is 0 Å². The zero-order valence-electron chi connectivity index (χ0n) is 8.87. The lowest BCUT2D eigenvalue weighted by molar-refractivity contribution is -0.135. The second kappa shape index (κ2) is 5.98. The van der Waals surface area contributed by atoms with Crippen LogP contribution in [0.1, 0.15) is 25.7 Å². The molecule has 1 rings (SSSR count). The fourth-order valence-electron chi connectivity index (χ4n) is 1.91. The molecule has 1 aliphatic heterocycles. The Morgan fingerprint density at radius 2 is 2.36 bits per heavy atom. The van der Waals surface area contributed by atoms with Crippen LogP contribution in [0.15, 0.2) is 0 Å². The Bertz CT molecular complexity index is 185. The highest BCUT2D eigenvalue weighted by molar-refractivity contribution is 5.76. The molecule has 0 aromatic heterocycles. The summed E-state index contributed by atoms with van der Waals surface area (Å²) in [5.41, 5.74) is 5.63. The van der Waals surface area contributed by atoms with Gasteiger partial charge in [-0.05, 0) is 19.3 Å².